The standard InChI is InChI=1S/C79H124O17P2/c1-5-9-13-17-21-25-29-32-35-36-39-41-45-48-52-56-60-64-77(82)89-69-74(95-78(83)65-61-57-53-49-43-28-24-20-16-12-8-4)71-93-97(85,86)91-67-73(80)68-92-98(87,88)94-72-75(96-79(84)66-62-58-54-50-46-42-38-34-31-27-23-19-15-11-7-3)70-90-76(81)63-59-55-51-47-44-40-37-33-30-26-22-18-14-10-6-2/h9-11,13-15,20-27,32-35,37-39,41,44,46-48,50,52,55,59,73-75,80H,5-8,12,16-19,28-31,36,40,42-43,45,49,51,53-54,56-58,60-72H2,1-4H3,(H,85,86)(H,87,88)/b13-9-,14-10-,15-11-,24-20-,25-21-,26-22-,27-23-,35-32-,37-33-,38-34-,41-39-,47-44-,50-46-,52-48-,59-55-. The summed E-state index contributed by atoms with van der Waals surface area (Å²) in [5.74, 6) is -2.48. The Labute approximate surface area is 590 Å². The highest BCUT2D eigenvalue weighted by Gasteiger charge is 2.30. The van der Waals surface area contributed by atoms with Gasteiger partial charge >= 0.3 is 39.5 Å². The minimum absolute atomic E-state index is 0.0146. The van der Waals surface area contributed by atoms with Crippen molar-refractivity contribution in [1.29, 1.82) is 0 Å². The van der Waals surface area contributed by atoms with Gasteiger partial charge < -0.3 is 33.8 Å². The van der Waals surface area contributed by atoms with Gasteiger partial charge in [0, 0.05) is 19.3 Å². The molecule has 5 atom stereocenters. The van der Waals surface area contributed by atoms with Crippen molar-refractivity contribution < 1.29 is 80.2 Å². The number of aliphatic hydroxyl groups is 1. The molecule has 5 unspecified atom stereocenters. The van der Waals surface area contributed by atoms with E-state index in [0.29, 0.717) is 38.5 Å². The lowest BCUT2D eigenvalue weighted by Crippen LogP contribution is -2.30. The number of carbonyl (C=O) groups is 4. The first-order valence-corrected chi connectivity index (χ1v) is 39.0. The summed E-state index contributed by atoms with van der Waals surface area (Å²) in [5.41, 5.74) is 0. The van der Waals surface area contributed by atoms with E-state index in [1.54, 1.807) is 6.08 Å². The van der Waals surface area contributed by atoms with Crippen molar-refractivity contribution in [2.24, 2.45) is 0 Å². The number of ether oxygens (including phenoxy) is 4. The SMILES string of the molecule is CC/C=C\C/C=C\C/C=C\C/C=C\C/C=C\CCCC(=O)OCC(COP(=O)(O)OCC(O)COP(=O)(O)OCC(COC(=O)C/C=C\C/C=C\C/C=C\C/C=C\C/C=C\CC)OC(=O)CCCC/C=C\C/C=C\C/C=C\C/C=C\CC)OC(=O)CCCCCCC/C=C\CCCC. The number of hydrogen-bond acceptors (Lipinski definition) is 15. The summed E-state index contributed by atoms with van der Waals surface area (Å²) in [6.45, 7) is 4.18. The van der Waals surface area contributed by atoms with Crippen LogP contribution in [0.4, 0.5) is 0 Å². The number of unbranched alkanes of at least 4 members (excludes halogenated alkanes) is 10. The third kappa shape index (κ3) is 68.7. The van der Waals surface area contributed by atoms with Crippen molar-refractivity contribution in [2.45, 2.75) is 251 Å². The second kappa shape index (κ2) is 69.6. The number of esters is 4. The maximum atomic E-state index is 13.0. The highest BCUT2D eigenvalue weighted by Crippen LogP contribution is 2.45. The molecule has 17 nitrogen and oxygen atoms in total. The molecule has 19 heteroatoms. The van der Waals surface area contributed by atoms with Crippen LogP contribution in [0, 0.1) is 0 Å². The van der Waals surface area contributed by atoms with Crippen LogP contribution in [0.2, 0.25) is 0 Å². The summed E-state index contributed by atoms with van der Waals surface area (Å²) >= 11 is 0. The van der Waals surface area contributed by atoms with E-state index < -0.39 is 97.5 Å². The predicted molar refractivity (Wildman–Crippen MR) is 399 cm³/mol. The van der Waals surface area contributed by atoms with Gasteiger partial charge in [0.25, 0.3) is 0 Å². The molecule has 0 bridgehead atoms. The summed E-state index contributed by atoms with van der Waals surface area (Å²) in [6.07, 6.45) is 82.4. The molecule has 0 rings (SSSR count). The number of phosphoric acid groups is 2. The monoisotopic (exact) mass is 1410 g/mol. The van der Waals surface area contributed by atoms with Gasteiger partial charge in [0.15, 0.2) is 12.2 Å². The molecule has 0 saturated heterocycles. The normalized spacial score (nSPS) is 15.1. The maximum absolute atomic E-state index is 13.0. The smallest absolute Gasteiger partial charge is 0.462 e. The summed E-state index contributed by atoms with van der Waals surface area (Å²) in [7, 11) is -10.0. The van der Waals surface area contributed by atoms with E-state index in [-0.39, 0.29) is 25.7 Å². The van der Waals surface area contributed by atoms with E-state index in [1.165, 1.54) is 6.42 Å². The highest BCUT2D eigenvalue weighted by molar-refractivity contribution is 7.47. The van der Waals surface area contributed by atoms with Gasteiger partial charge in [-0.25, -0.2) is 9.13 Å². The molecule has 0 aromatic heterocycles. The molecule has 3 N–H and O–H groups in total. The molecule has 0 aromatic rings. The van der Waals surface area contributed by atoms with Crippen LogP contribution < -0.4 is 0 Å². The lowest BCUT2D eigenvalue weighted by Gasteiger charge is -2.21. The van der Waals surface area contributed by atoms with Crippen LogP contribution in [0.1, 0.15) is 233 Å². The Kier molecular flexibility index (Phi) is 65.5. The molecule has 98 heavy (non-hydrogen) atoms. The third-order valence-corrected chi connectivity index (χ3v) is 15.8. The molecule has 0 radical (unpaired) electrons. The van der Waals surface area contributed by atoms with Crippen molar-refractivity contribution >= 4 is 39.5 Å². The summed E-state index contributed by atoms with van der Waals surface area (Å²) in [6, 6.07) is 0. The first-order chi connectivity index (χ1) is 47.7. The molecule has 0 saturated carbocycles. The van der Waals surface area contributed by atoms with Crippen molar-refractivity contribution in [3.8, 4) is 0 Å². The van der Waals surface area contributed by atoms with Gasteiger partial charge in [0.05, 0.1) is 32.8 Å². The topological polar surface area (TPSA) is 237 Å². The lowest BCUT2D eigenvalue weighted by molar-refractivity contribution is -0.161. The fourth-order valence-corrected chi connectivity index (χ4v) is 10.1. The number of aliphatic hydroxyl groups excluding tert-OH is 1. The molecule has 0 spiro atoms. The molecule has 552 valence electrons. The molecule has 0 aliphatic rings. The van der Waals surface area contributed by atoms with Gasteiger partial charge in [-0.15, -0.1) is 0 Å². The molecule has 0 amide bonds. The largest absolute Gasteiger partial charge is 0.472 e. The number of carbonyl (C=O) groups excluding carboxylic acids is 4. The van der Waals surface area contributed by atoms with Crippen LogP contribution in [0.15, 0.2) is 182 Å². The van der Waals surface area contributed by atoms with Crippen molar-refractivity contribution in [3.05, 3.63) is 182 Å². The zero-order chi connectivity index (χ0) is 71.8. The van der Waals surface area contributed by atoms with Crippen LogP contribution in [-0.4, -0.2) is 96.7 Å². The highest BCUT2D eigenvalue weighted by atomic mass is 31.2. The van der Waals surface area contributed by atoms with Crippen LogP contribution in [-0.2, 0) is 65.4 Å². The average Bonchev–Trinajstić information content (AvgIpc) is 0.986. The minimum atomic E-state index is -5.01. The summed E-state index contributed by atoms with van der Waals surface area (Å²) < 4.78 is 68.0. The molecule has 0 aliphatic heterocycles. The average molecular weight is 1410 g/mol. The Hall–Kier alpha value is -5.84. The second-order valence-corrected chi connectivity index (χ2v) is 26.0. The number of hydrogen-bond donors (Lipinski definition) is 3. The Morgan fingerprint density at radius 2 is 0.582 bits per heavy atom. The molecule has 0 heterocycles. The first kappa shape index (κ1) is 92.2. The molecular weight excluding hydrogens is 1280 g/mol. The van der Waals surface area contributed by atoms with E-state index in [1.807, 2.05) is 36.5 Å². The van der Waals surface area contributed by atoms with Gasteiger partial charge in [0.2, 0.25) is 0 Å². The van der Waals surface area contributed by atoms with E-state index in [0.717, 1.165) is 135 Å². The van der Waals surface area contributed by atoms with Crippen LogP contribution in [0.5, 0.6) is 0 Å². The first-order valence-electron chi connectivity index (χ1n) is 36.0. The summed E-state index contributed by atoms with van der Waals surface area (Å²) in [4.78, 5) is 72.6. The van der Waals surface area contributed by atoms with Crippen LogP contribution in [0.25, 0.3) is 0 Å². The Balaban J connectivity index is 5.51. The van der Waals surface area contributed by atoms with Gasteiger partial charge in [-0.2, -0.15) is 0 Å². The number of phosphoric ester groups is 2. The van der Waals surface area contributed by atoms with Gasteiger partial charge in [-0.1, -0.05) is 242 Å². The zero-order valence-corrected chi connectivity index (χ0v) is 61.7. The Morgan fingerprint density at radius 3 is 0.969 bits per heavy atom. The summed E-state index contributed by atoms with van der Waals surface area (Å²) in [5, 5.41) is 10.6. The van der Waals surface area contributed by atoms with Gasteiger partial charge in [0.1, 0.15) is 19.3 Å². The number of rotatable bonds is 65. The second-order valence-electron chi connectivity index (χ2n) is 23.0. The predicted octanol–water partition coefficient (Wildman–Crippen LogP) is 20.4. The minimum Gasteiger partial charge on any atom is -0.462 e. The van der Waals surface area contributed by atoms with Crippen molar-refractivity contribution in [3.63, 3.8) is 0 Å². The molecule has 0 aromatic carbocycles. The van der Waals surface area contributed by atoms with Crippen LogP contribution in [0.3, 0.4) is 0 Å². The molecule has 0 aliphatic carbocycles. The Bertz CT molecular complexity index is 2580. The molecule has 0 fully saturated rings. The van der Waals surface area contributed by atoms with Gasteiger partial charge in [-0.05, 0) is 148 Å². The maximum Gasteiger partial charge on any atom is 0.472 e. The fraction of sp³-hybridized carbons (Fsp3) is 0.570. The van der Waals surface area contributed by atoms with Gasteiger partial charge in [-0.3, -0.25) is 37.3 Å². The molecular formula is C79H124O17P2. The van der Waals surface area contributed by atoms with Crippen LogP contribution >= 0.6 is 15.6 Å². The van der Waals surface area contributed by atoms with E-state index in [4.69, 9.17) is 37.0 Å². The third-order valence-electron chi connectivity index (χ3n) is 13.9. The lowest BCUT2D eigenvalue weighted by atomic mass is 10.1. The Morgan fingerprint density at radius 1 is 0.306 bits per heavy atom. The zero-order valence-electron chi connectivity index (χ0n) is 59.9. The fourth-order valence-electron chi connectivity index (χ4n) is 8.47. The van der Waals surface area contributed by atoms with Crippen molar-refractivity contribution in [2.75, 3.05) is 39.6 Å². The van der Waals surface area contributed by atoms with E-state index in [9.17, 15) is 43.2 Å². The van der Waals surface area contributed by atoms with Crippen molar-refractivity contribution in [1.82, 2.24) is 0 Å². The number of allylic oxidation sites excluding steroid dienone is 29. The van der Waals surface area contributed by atoms with E-state index in [2.05, 4.69) is 167 Å². The quantitative estimate of drug-likeness (QED) is 0.0169. The van der Waals surface area contributed by atoms with E-state index >= 15 is 0 Å².